The zero-order valence-electron chi connectivity index (χ0n) is 9.57. The average molecular weight is 213 g/mol. The summed E-state index contributed by atoms with van der Waals surface area (Å²) in [5.74, 6) is 1.26. The van der Waals surface area contributed by atoms with E-state index < -0.39 is 0 Å². The lowest BCUT2D eigenvalue weighted by atomic mass is 10.1. The van der Waals surface area contributed by atoms with Crippen LogP contribution in [0.4, 0.5) is 5.82 Å². The third-order valence-corrected chi connectivity index (χ3v) is 2.42. The second kappa shape index (κ2) is 4.31. The first-order chi connectivity index (χ1) is 7.63. The summed E-state index contributed by atoms with van der Waals surface area (Å²) in [7, 11) is 0. The summed E-state index contributed by atoms with van der Waals surface area (Å²) in [6, 6.07) is 10.3. The number of nitrogens with two attached hydrogens (primary N) is 1. The van der Waals surface area contributed by atoms with Crippen LogP contribution in [0.1, 0.15) is 22.6 Å². The lowest BCUT2D eigenvalue weighted by Gasteiger charge is -2.04. The highest BCUT2D eigenvalue weighted by Gasteiger charge is 2.01. The quantitative estimate of drug-likeness (QED) is 0.832. The van der Waals surface area contributed by atoms with E-state index in [9.17, 15) is 0 Å². The van der Waals surface area contributed by atoms with Crippen LogP contribution in [0.15, 0.2) is 30.3 Å². The van der Waals surface area contributed by atoms with Crippen LogP contribution in [0, 0.1) is 13.8 Å². The summed E-state index contributed by atoms with van der Waals surface area (Å²) < 4.78 is 0. The summed E-state index contributed by atoms with van der Waals surface area (Å²) in [6.45, 7) is 3.94. The number of benzene rings is 1. The lowest BCUT2D eigenvalue weighted by Crippen LogP contribution is -2.00. The summed E-state index contributed by atoms with van der Waals surface area (Å²) in [5, 5.41) is 0. The van der Waals surface area contributed by atoms with Crippen molar-refractivity contribution in [1.29, 1.82) is 0 Å². The van der Waals surface area contributed by atoms with Crippen molar-refractivity contribution in [2.45, 2.75) is 20.3 Å². The lowest BCUT2D eigenvalue weighted by molar-refractivity contribution is 0.974. The molecule has 2 aromatic rings. The molecule has 0 saturated heterocycles. The maximum Gasteiger partial charge on any atom is 0.127 e. The first kappa shape index (κ1) is 10.6. The van der Waals surface area contributed by atoms with Crippen molar-refractivity contribution < 1.29 is 0 Å². The Morgan fingerprint density at radius 3 is 2.38 bits per heavy atom. The van der Waals surface area contributed by atoms with Gasteiger partial charge in [-0.15, -0.1) is 0 Å². The number of hydrogen-bond acceptors (Lipinski definition) is 3. The van der Waals surface area contributed by atoms with Crippen LogP contribution in [0.3, 0.4) is 0 Å². The van der Waals surface area contributed by atoms with Gasteiger partial charge in [0.05, 0.1) is 5.69 Å². The first-order valence-corrected chi connectivity index (χ1v) is 5.29. The number of aryl methyl sites for hydroxylation is 2. The number of hydrogen-bond donors (Lipinski definition) is 1. The van der Waals surface area contributed by atoms with E-state index in [-0.39, 0.29) is 0 Å². The fourth-order valence-electron chi connectivity index (χ4n) is 1.66. The monoisotopic (exact) mass is 213 g/mol. The molecule has 0 aliphatic heterocycles. The molecule has 0 aliphatic carbocycles. The van der Waals surface area contributed by atoms with E-state index in [0.717, 1.165) is 17.9 Å². The molecule has 1 aromatic carbocycles. The van der Waals surface area contributed by atoms with Gasteiger partial charge in [-0.1, -0.05) is 29.8 Å². The average Bonchev–Trinajstić information content (AvgIpc) is 2.20. The largest absolute Gasteiger partial charge is 0.384 e. The van der Waals surface area contributed by atoms with Crippen LogP contribution in [0.5, 0.6) is 0 Å². The molecular weight excluding hydrogens is 198 g/mol. The van der Waals surface area contributed by atoms with Crippen molar-refractivity contribution >= 4 is 5.82 Å². The van der Waals surface area contributed by atoms with Gasteiger partial charge in [0.1, 0.15) is 11.6 Å². The Morgan fingerprint density at radius 1 is 1.06 bits per heavy atom. The van der Waals surface area contributed by atoms with Gasteiger partial charge in [-0.3, -0.25) is 0 Å². The van der Waals surface area contributed by atoms with Crippen molar-refractivity contribution in [3.63, 3.8) is 0 Å². The van der Waals surface area contributed by atoms with Gasteiger partial charge in [-0.25, -0.2) is 9.97 Å². The van der Waals surface area contributed by atoms with Crippen molar-refractivity contribution in [2.24, 2.45) is 0 Å². The molecule has 1 heterocycles. The molecule has 0 amide bonds. The predicted molar refractivity (Wildman–Crippen MR) is 65.2 cm³/mol. The topological polar surface area (TPSA) is 51.8 Å². The Kier molecular flexibility index (Phi) is 2.86. The maximum atomic E-state index is 5.69. The van der Waals surface area contributed by atoms with Crippen LogP contribution in [-0.2, 0) is 6.42 Å². The van der Waals surface area contributed by atoms with E-state index in [1.54, 1.807) is 0 Å². The highest BCUT2D eigenvalue weighted by Crippen LogP contribution is 2.10. The molecule has 0 aliphatic rings. The van der Waals surface area contributed by atoms with E-state index in [1.165, 1.54) is 11.1 Å². The smallest absolute Gasteiger partial charge is 0.127 e. The molecule has 0 radical (unpaired) electrons. The minimum atomic E-state index is 0.537. The number of anilines is 1. The Labute approximate surface area is 95.4 Å². The molecule has 0 atom stereocenters. The number of nitrogen functional groups attached to an aromatic ring is 1. The molecule has 0 bridgehead atoms. The van der Waals surface area contributed by atoms with Gasteiger partial charge in [0.2, 0.25) is 0 Å². The summed E-state index contributed by atoms with van der Waals surface area (Å²) >= 11 is 0. The van der Waals surface area contributed by atoms with E-state index in [0.29, 0.717) is 5.82 Å². The summed E-state index contributed by atoms with van der Waals surface area (Å²) in [4.78, 5) is 8.42. The highest BCUT2D eigenvalue weighted by molar-refractivity contribution is 5.33. The van der Waals surface area contributed by atoms with E-state index in [2.05, 4.69) is 41.2 Å². The molecule has 82 valence electrons. The third-order valence-electron chi connectivity index (χ3n) is 2.42. The molecule has 2 rings (SSSR count). The zero-order chi connectivity index (χ0) is 11.5. The summed E-state index contributed by atoms with van der Waals surface area (Å²) in [5.41, 5.74) is 9.16. The van der Waals surface area contributed by atoms with Gasteiger partial charge in [-0.05, 0) is 19.4 Å². The predicted octanol–water partition coefficient (Wildman–Crippen LogP) is 2.27. The molecule has 2 N–H and O–H groups in total. The molecule has 0 fully saturated rings. The van der Waals surface area contributed by atoms with Crippen molar-refractivity contribution in [1.82, 2.24) is 9.97 Å². The van der Waals surface area contributed by atoms with E-state index >= 15 is 0 Å². The van der Waals surface area contributed by atoms with Gasteiger partial charge < -0.3 is 5.73 Å². The van der Waals surface area contributed by atoms with Crippen molar-refractivity contribution in [3.8, 4) is 0 Å². The number of aromatic nitrogens is 2. The Hall–Kier alpha value is -1.90. The van der Waals surface area contributed by atoms with Gasteiger partial charge in [0.15, 0.2) is 0 Å². The van der Waals surface area contributed by atoms with Gasteiger partial charge in [0, 0.05) is 12.5 Å². The summed E-state index contributed by atoms with van der Waals surface area (Å²) in [6.07, 6.45) is 0.799. The van der Waals surface area contributed by atoms with Gasteiger partial charge >= 0.3 is 0 Å². The SMILES string of the molecule is Cc1ccc(Cc2cc(N)nc(C)n2)cc1. The Morgan fingerprint density at radius 2 is 1.75 bits per heavy atom. The molecular formula is C13H15N3. The minimum Gasteiger partial charge on any atom is -0.384 e. The molecule has 0 saturated carbocycles. The normalized spacial score (nSPS) is 10.4. The minimum absolute atomic E-state index is 0.537. The Balaban J connectivity index is 2.23. The molecule has 3 heteroatoms. The molecule has 1 aromatic heterocycles. The van der Waals surface area contributed by atoms with E-state index in [4.69, 9.17) is 5.73 Å². The zero-order valence-corrected chi connectivity index (χ0v) is 9.57. The number of rotatable bonds is 2. The second-order valence-electron chi connectivity index (χ2n) is 3.99. The molecule has 16 heavy (non-hydrogen) atoms. The van der Waals surface area contributed by atoms with Gasteiger partial charge in [0.25, 0.3) is 0 Å². The third kappa shape index (κ3) is 2.57. The van der Waals surface area contributed by atoms with Crippen LogP contribution in [0.2, 0.25) is 0 Å². The van der Waals surface area contributed by atoms with Crippen molar-refractivity contribution in [2.75, 3.05) is 5.73 Å². The van der Waals surface area contributed by atoms with Crippen molar-refractivity contribution in [3.05, 3.63) is 53.0 Å². The second-order valence-corrected chi connectivity index (χ2v) is 3.99. The fourth-order valence-corrected chi connectivity index (χ4v) is 1.66. The first-order valence-electron chi connectivity index (χ1n) is 5.29. The highest BCUT2D eigenvalue weighted by atomic mass is 14.9. The van der Waals surface area contributed by atoms with Crippen LogP contribution >= 0.6 is 0 Å². The Bertz CT molecular complexity index is 469. The molecule has 0 unspecified atom stereocenters. The van der Waals surface area contributed by atoms with Gasteiger partial charge in [-0.2, -0.15) is 0 Å². The van der Waals surface area contributed by atoms with E-state index in [1.807, 2.05) is 13.0 Å². The molecule has 0 spiro atoms. The fraction of sp³-hybridized carbons (Fsp3) is 0.231. The van der Waals surface area contributed by atoms with Crippen LogP contribution < -0.4 is 5.73 Å². The van der Waals surface area contributed by atoms with Crippen LogP contribution in [-0.4, -0.2) is 9.97 Å². The maximum absolute atomic E-state index is 5.69. The standard InChI is InChI=1S/C13H15N3/c1-9-3-5-11(6-4-9)7-12-8-13(14)16-10(2)15-12/h3-6,8H,7H2,1-2H3,(H2,14,15,16). The molecule has 3 nitrogen and oxygen atoms in total. The number of nitrogens with zero attached hydrogens (tertiary/aromatic N) is 2. The van der Waals surface area contributed by atoms with Crippen LogP contribution in [0.25, 0.3) is 0 Å².